The van der Waals surface area contributed by atoms with Gasteiger partial charge in [-0.3, -0.25) is 4.99 Å². The molecule has 0 atom stereocenters. The summed E-state index contributed by atoms with van der Waals surface area (Å²) >= 11 is 0. The molecule has 0 radical (unpaired) electrons. The molecule has 1 heterocycles. The highest BCUT2D eigenvalue weighted by Crippen LogP contribution is 2.17. The van der Waals surface area contributed by atoms with Crippen LogP contribution in [0.25, 0.3) is 0 Å². The lowest BCUT2D eigenvalue weighted by atomic mass is 10.2. The molecule has 6 heteroatoms. The molecule has 0 aliphatic heterocycles. The van der Waals surface area contributed by atoms with Crippen molar-refractivity contribution in [3.63, 3.8) is 0 Å². The minimum Gasteiger partial charge on any atom is -0.478 e. The molecule has 5 nitrogen and oxygen atoms in total. The smallest absolute Gasteiger partial charge is 0.213 e. The van der Waals surface area contributed by atoms with Crippen molar-refractivity contribution < 1.29 is 4.74 Å². The molecular weight excluding hydrogens is 391 g/mol. The van der Waals surface area contributed by atoms with E-state index < -0.39 is 0 Å². The van der Waals surface area contributed by atoms with Crippen molar-refractivity contribution in [1.29, 1.82) is 0 Å². The van der Waals surface area contributed by atoms with Crippen molar-refractivity contribution in [3.8, 4) is 5.88 Å². The number of rotatable bonds is 6. The van der Waals surface area contributed by atoms with Crippen LogP contribution in [0.5, 0.6) is 5.88 Å². The molecule has 1 aliphatic carbocycles. The van der Waals surface area contributed by atoms with Gasteiger partial charge in [0.05, 0.1) is 6.61 Å². The van der Waals surface area contributed by atoms with Crippen molar-refractivity contribution in [1.82, 2.24) is 15.6 Å². The highest BCUT2D eigenvalue weighted by atomic mass is 127. The van der Waals surface area contributed by atoms with Gasteiger partial charge in [0, 0.05) is 31.9 Å². The van der Waals surface area contributed by atoms with Crippen LogP contribution in [0, 0.1) is 0 Å². The molecule has 0 bridgehead atoms. The van der Waals surface area contributed by atoms with Gasteiger partial charge < -0.3 is 15.4 Å². The summed E-state index contributed by atoms with van der Waals surface area (Å²) in [5, 5.41) is 6.80. The summed E-state index contributed by atoms with van der Waals surface area (Å²) in [6.07, 6.45) is 7.96. The van der Waals surface area contributed by atoms with E-state index in [9.17, 15) is 0 Å². The Labute approximate surface area is 150 Å². The van der Waals surface area contributed by atoms with E-state index in [1.54, 1.807) is 0 Å². The average molecular weight is 418 g/mol. The van der Waals surface area contributed by atoms with E-state index in [-0.39, 0.29) is 24.0 Å². The van der Waals surface area contributed by atoms with Crippen molar-refractivity contribution in [2.75, 3.05) is 13.7 Å². The Bertz CT molecular complexity index is 444. The van der Waals surface area contributed by atoms with Crippen LogP contribution in [0.2, 0.25) is 0 Å². The molecule has 1 fully saturated rings. The molecule has 1 aliphatic rings. The second kappa shape index (κ2) is 10.6. The second-order valence-electron chi connectivity index (χ2n) is 5.40. The minimum absolute atomic E-state index is 0. The quantitative estimate of drug-likeness (QED) is 0.424. The molecule has 22 heavy (non-hydrogen) atoms. The molecule has 1 saturated carbocycles. The fraction of sp³-hybridized carbons (Fsp3) is 0.625. The van der Waals surface area contributed by atoms with E-state index in [0.29, 0.717) is 25.1 Å². The Morgan fingerprint density at radius 3 is 2.73 bits per heavy atom. The Balaban J connectivity index is 0.00000242. The van der Waals surface area contributed by atoms with E-state index >= 15 is 0 Å². The van der Waals surface area contributed by atoms with Crippen LogP contribution >= 0.6 is 24.0 Å². The van der Waals surface area contributed by atoms with E-state index in [4.69, 9.17) is 4.74 Å². The third kappa shape index (κ3) is 6.37. The number of nitrogens with zero attached hydrogens (tertiary/aromatic N) is 2. The van der Waals surface area contributed by atoms with Crippen LogP contribution in [0.4, 0.5) is 0 Å². The summed E-state index contributed by atoms with van der Waals surface area (Å²) in [6, 6.07) is 4.52. The first-order valence-corrected chi connectivity index (χ1v) is 7.86. The first-order chi connectivity index (χ1) is 10.3. The number of pyridine rings is 1. The van der Waals surface area contributed by atoms with Gasteiger partial charge in [-0.25, -0.2) is 4.98 Å². The summed E-state index contributed by atoms with van der Waals surface area (Å²) in [5.41, 5.74) is 1.12. The number of nitrogens with one attached hydrogen (secondary N) is 2. The van der Waals surface area contributed by atoms with Crippen molar-refractivity contribution in [2.24, 2.45) is 4.99 Å². The fourth-order valence-corrected chi connectivity index (χ4v) is 2.45. The zero-order valence-electron chi connectivity index (χ0n) is 13.5. The molecule has 124 valence electrons. The predicted octanol–water partition coefficient (Wildman–Crippen LogP) is 3.10. The van der Waals surface area contributed by atoms with Gasteiger partial charge in [0.15, 0.2) is 5.96 Å². The zero-order chi connectivity index (χ0) is 14.9. The van der Waals surface area contributed by atoms with Gasteiger partial charge in [0.2, 0.25) is 5.88 Å². The van der Waals surface area contributed by atoms with Crippen LogP contribution in [-0.4, -0.2) is 30.6 Å². The third-order valence-electron chi connectivity index (χ3n) is 3.63. The zero-order valence-corrected chi connectivity index (χ0v) is 15.8. The van der Waals surface area contributed by atoms with Crippen LogP contribution < -0.4 is 15.4 Å². The standard InChI is InChI=1S/C16H26N4O.HI/c1-3-10-21-15-9-8-13(11-18-15)12-19-16(17-2)20-14-6-4-5-7-14;/h8-9,11,14H,3-7,10,12H2,1-2H3,(H2,17,19,20);1H. The molecule has 0 amide bonds. The van der Waals surface area contributed by atoms with Gasteiger partial charge in [-0.15, -0.1) is 24.0 Å². The number of halogens is 1. The van der Waals surface area contributed by atoms with Gasteiger partial charge in [0.1, 0.15) is 0 Å². The lowest BCUT2D eigenvalue weighted by Crippen LogP contribution is -2.41. The van der Waals surface area contributed by atoms with E-state index in [1.807, 2.05) is 25.4 Å². The Kier molecular flexibility index (Phi) is 9.19. The highest BCUT2D eigenvalue weighted by molar-refractivity contribution is 14.0. The summed E-state index contributed by atoms with van der Waals surface area (Å²) in [6.45, 7) is 3.51. The van der Waals surface area contributed by atoms with Crippen LogP contribution in [0.1, 0.15) is 44.6 Å². The van der Waals surface area contributed by atoms with Gasteiger partial charge in [-0.2, -0.15) is 0 Å². The van der Waals surface area contributed by atoms with E-state index in [0.717, 1.165) is 17.9 Å². The molecule has 1 aromatic heterocycles. The molecule has 1 aromatic rings. The lowest BCUT2D eigenvalue weighted by molar-refractivity contribution is 0.305. The Morgan fingerprint density at radius 1 is 1.36 bits per heavy atom. The SMILES string of the molecule is CCCOc1ccc(CNC(=NC)NC2CCCC2)cn1.I. The van der Waals surface area contributed by atoms with Gasteiger partial charge in [0.25, 0.3) is 0 Å². The molecule has 0 spiro atoms. The fourth-order valence-electron chi connectivity index (χ4n) is 2.45. The molecule has 0 saturated heterocycles. The van der Waals surface area contributed by atoms with Crippen LogP contribution in [0.3, 0.4) is 0 Å². The minimum atomic E-state index is 0. The topological polar surface area (TPSA) is 58.5 Å². The number of aromatic nitrogens is 1. The Hall–Kier alpha value is -1.05. The summed E-state index contributed by atoms with van der Waals surface area (Å²) in [7, 11) is 1.81. The monoisotopic (exact) mass is 418 g/mol. The molecular formula is C16H27IN4O. The largest absolute Gasteiger partial charge is 0.478 e. The maximum absolute atomic E-state index is 5.48. The summed E-state index contributed by atoms with van der Waals surface area (Å²) in [5.74, 6) is 1.56. The van der Waals surface area contributed by atoms with Crippen molar-refractivity contribution in [3.05, 3.63) is 23.9 Å². The normalized spacial score (nSPS) is 15.3. The molecule has 2 N–H and O–H groups in total. The number of hydrogen-bond acceptors (Lipinski definition) is 3. The maximum Gasteiger partial charge on any atom is 0.213 e. The predicted molar refractivity (Wildman–Crippen MR) is 101 cm³/mol. The average Bonchev–Trinajstić information content (AvgIpc) is 3.03. The van der Waals surface area contributed by atoms with E-state index in [2.05, 4.69) is 27.5 Å². The third-order valence-corrected chi connectivity index (χ3v) is 3.63. The summed E-state index contributed by atoms with van der Waals surface area (Å²) < 4.78 is 5.48. The van der Waals surface area contributed by atoms with Crippen LogP contribution in [-0.2, 0) is 6.54 Å². The molecule has 0 aromatic carbocycles. The number of guanidine groups is 1. The van der Waals surface area contributed by atoms with Crippen molar-refractivity contribution >= 4 is 29.9 Å². The number of hydrogen-bond donors (Lipinski definition) is 2. The maximum atomic E-state index is 5.48. The van der Waals surface area contributed by atoms with Crippen molar-refractivity contribution in [2.45, 2.75) is 51.6 Å². The molecule has 2 rings (SSSR count). The second-order valence-corrected chi connectivity index (χ2v) is 5.40. The number of aliphatic imine (C=N–C) groups is 1. The first-order valence-electron chi connectivity index (χ1n) is 7.86. The Morgan fingerprint density at radius 2 is 2.14 bits per heavy atom. The van der Waals surface area contributed by atoms with Gasteiger partial charge in [-0.1, -0.05) is 25.8 Å². The molecule has 0 unspecified atom stereocenters. The summed E-state index contributed by atoms with van der Waals surface area (Å²) in [4.78, 5) is 8.57. The van der Waals surface area contributed by atoms with E-state index in [1.165, 1.54) is 25.7 Å². The van der Waals surface area contributed by atoms with Gasteiger partial charge in [-0.05, 0) is 24.8 Å². The van der Waals surface area contributed by atoms with Gasteiger partial charge >= 0.3 is 0 Å². The number of ether oxygens (including phenoxy) is 1. The lowest BCUT2D eigenvalue weighted by Gasteiger charge is -2.16. The highest BCUT2D eigenvalue weighted by Gasteiger charge is 2.15. The first kappa shape index (κ1) is 19.0. The van der Waals surface area contributed by atoms with Crippen LogP contribution in [0.15, 0.2) is 23.3 Å².